The van der Waals surface area contributed by atoms with E-state index in [4.69, 9.17) is 14.2 Å². The zero-order valence-electron chi connectivity index (χ0n) is 13.1. The minimum absolute atomic E-state index is 0.0449. The predicted molar refractivity (Wildman–Crippen MR) is 76.5 cm³/mol. The number of rotatable bonds is 2. The van der Waals surface area contributed by atoms with E-state index in [1.165, 1.54) is 12.8 Å². The summed E-state index contributed by atoms with van der Waals surface area (Å²) in [6.07, 6.45) is 6.26. The molecular weight excluding hydrogens is 268 g/mol. The minimum Gasteiger partial charge on any atom is -0.459 e. The molecule has 0 N–H and O–H groups in total. The van der Waals surface area contributed by atoms with Crippen LogP contribution in [0.25, 0.3) is 0 Å². The summed E-state index contributed by atoms with van der Waals surface area (Å²) in [5.41, 5.74) is -0.229. The number of hydrogen-bond acceptors (Lipinski definition) is 4. The third-order valence-corrected chi connectivity index (χ3v) is 6.00. The first-order valence-electron chi connectivity index (χ1n) is 8.54. The Labute approximate surface area is 126 Å². The van der Waals surface area contributed by atoms with Crippen molar-refractivity contribution in [2.45, 2.75) is 63.8 Å². The highest BCUT2D eigenvalue weighted by Crippen LogP contribution is 2.63. The maximum absolute atomic E-state index is 12.1. The first kappa shape index (κ1) is 14.0. The summed E-state index contributed by atoms with van der Waals surface area (Å²) in [4.78, 5) is 12.1. The SMILES string of the molecule is CC(C)C(=O)OC12CC3CC(C1)C1(OCCCO1)C(C3)C2. The van der Waals surface area contributed by atoms with E-state index in [0.717, 1.165) is 38.9 Å². The van der Waals surface area contributed by atoms with Crippen molar-refractivity contribution in [1.82, 2.24) is 0 Å². The average molecular weight is 294 g/mol. The molecule has 21 heavy (non-hydrogen) atoms. The van der Waals surface area contributed by atoms with Gasteiger partial charge in [0.25, 0.3) is 0 Å². The summed E-state index contributed by atoms with van der Waals surface area (Å²) in [5.74, 6) is 1.05. The molecule has 4 saturated carbocycles. The van der Waals surface area contributed by atoms with E-state index in [2.05, 4.69) is 0 Å². The highest BCUT2D eigenvalue weighted by molar-refractivity contribution is 5.72. The lowest BCUT2D eigenvalue weighted by Crippen LogP contribution is -2.67. The lowest BCUT2D eigenvalue weighted by atomic mass is 9.51. The normalized spacial score (nSPS) is 43.5. The Balaban J connectivity index is 1.58. The van der Waals surface area contributed by atoms with Crippen LogP contribution in [0.3, 0.4) is 0 Å². The van der Waals surface area contributed by atoms with Crippen molar-refractivity contribution in [1.29, 1.82) is 0 Å². The van der Waals surface area contributed by atoms with Gasteiger partial charge in [0.05, 0.1) is 19.1 Å². The molecule has 1 spiro atoms. The lowest BCUT2D eigenvalue weighted by molar-refractivity contribution is -0.373. The van der Waals surface area contributed by atoms with Gasteiger partial charge in [0.1, 0.15) is 5.60 Å². The molecule has 2 unspecified atom stereocenters. The lowest BCUT2D eigenvalue weighted by Gasteiger charge is -2.64. The van der Waals surface area contributed by atoms with Crippen molar-refractivity contribution < 1.29 is 19.0 Å². The van der Waals surface area contributed by atoms with Crippen LogP contribution in [0.1, 0.15) is 52.4 Å². The molecule has 5 fully saturated rings. The summed E-state index contributed by atoms with van der Waals surface area (Å²) < 4.78 is 18.4. The van der Waals surface area contributed by atoms with Crippen LogP contribution >= 0.6 is 0 Å². The Bertz CT molecular complexity index is 420. The second-order valence-corrected chi connectivity index (χ2v) is 7.87. The fraction of sp³-hybridized carbons (Fsp3) is 0.941. The maximum atomic E-state index is 12.1. The Morgan fingerprint density at radius 2 is 1.71 bits per heavy atom. The van der Waals surface area contributed by atoms with Crippen LogP contribution in [0, 0.1) is 23.7 Å². The monoisotopic (exact) mass is 294 g/mol. The standard InChI is InChI=1S/C17H26O4/c1-11(2)15(18)21-16-8-12-6-13(9-16)17(14(7-12)10-16)19-4-3-5-20-17/h11-14H,3-10H2,1-2H3. The summed E-state index contributed by atoms with van der Waals surface area (Å²) in [5, 5.41) is 0. The zero-order valence-corrected chi connectivity index (χ0v) is 13.1. The molecule has 5 aliphatic rings. The predicted octanol–water partition coefficient (Wildman–Crippen LogP) is 2.90. The van der Waals surface area contributed by atoms with Crippen LogP contribution in [-0.4, -0.2) is 30.6 Å². The average Bonchev–Trinajstić information content (AvgIpc) is 2.45. The zero-order chi connectivity index (χ0) is 14.7. The molecule has 0 radical (unpaired) electrons. The second-order valence-electron chi connectivity index (χ2n) is 7.87. The highest BCUT2D eigenvalue weighted by atomic mass is 16.7. The van der Waals surface area contributed by atoms with E-state index in [1.54, 1.807) is 0 Å². The van der Waals surface area contributed by atoms with E-state index < -0.39 is 0 Å². The molecule has 1 heterocycles. The van der Waals surface area contributed by atoms with Crippen molar-refractivity contribution in [2.75, 3.05) is 13.2 Å². The van der Waals surface area contributed by atoms with Gasteiger partial charge in [-0.3, -0.25) is 4.79 Å². The third-order valence-electron chi connectivity index (χ3n) is 6.00. The van der Waals surface area contributed by atoms with Crippen LogP contribution in [0.15, 0.2) is 0 Å². The molecule has 0 aromatic rings. The van der Waals surface area contributed by atoms with Crippen molar-refractivity contribution in [3.8, 4) is 0 Å². The van der Waals surface area contributed by atoms with Gasteiger partial charge >= 0.3 is 5.97 Å². The quantitative estimate of drug-likeness (QED) is 0.735. The third kappa shape index (κ3) is 2.06. The molecule has 2 atom stereocenters. The van der Waals surface area contributed by atoms with Gasteiger partial charge in [-0.2, -0.15) is 0 Å². The molecule has 0 aromatic carbocycles. The number of hydrogen-bond donors (Lipinski definition) is 0. The Hall–Kier alpha value is -0.610. The van der Waals surface area contributed by atoms with E-state index in [-0.39, 0.29) is 23.3 Å². The van der Waals surface area contributed by atoms with Gasteiger partial charge in [0.15, 0.2) is 5.79 Å². The minimum atomic E-state index is -0.358. The van der Waals surface area contributed by atoms with E-state index in [0.29, 0.717) is 17.8 Å². The number of esters is 1. The van der Waals surface area contributed by atoms with E-state index >= 15 is 0 Å². The van der Waals surface area contributed by atoms with Gasteiger partial charge < -0.3 is 14.2 Å². The van der Waals surface area contributed by atoms with Crippen LogP contribution in [-0.2, 0) is 19.0 Å². The second kappa shape index (κ2) is 4.69. The van der Waals surface area contributed by atoms with E-state index in [9.17, 15) is 4.79 Å². The van der Waals surface area contributed by atoms with Crippen LogP contribution in [0.4, 0.5) is 0 Å². The molecule has 0 amide bonds. The number of carbonyl (C=O) groups is 1. The Morgan fingerprint density at radius 1 is 1.10 bits per heavy atom. The van der Waals surface area contributed by atoms with Gasteiger partial charge in [-0.05, 0) is 44.4 Å². The molecular formula is C17H26O4. The van der Waals surface area contributed by atoms with Crippen LogP contribution < -0.4 is 0 Å². The topological polar surface area (TPSA) is 44.8 Å². The molecule has 4 bridgehead atoms. The number of ether oxygens (including phenoxy) is 3. The van der Waals surface area contributed by atoms with Crippen molar-refractivity contribution in [3.05, 3.63) is 0 Å². The fourth-order valence-electron chi connectivity index (χ4n) is 5.35. The van der Waals surface area contributed by atoms with Crippen molar-refractivity contribution >= 4 is 5.97 Å². The fourth-order valence-corrected chi connectivity index (χ4v) is 5.35. The van der Waals surface area contributed by atoms with Crippen molar-refractivity contribution in [2.24, 2.45) is 23.7 Å². The first-order valence-corrected chi connectivity index (χ1v) is 8.54. The number of carbonyl (C=O) groups excluding carboxylic acids is 1. The van der Waals surface area contributed by atoms with Gasteiger partial charge in [0, 0.05) is 11.8 Å². The van der Waals surface area contributed by atoms with Crippen LogP contribution in [0.5, 0.6) is 0 Å². The highest BCUT2D eigenvalue weighted by Gasteiger charge is 2.65. The molecule has 1 aliphatic heterocycles. The molecule has 118 valence electrons. The molecule has 0 aromatic heterocycles. The maximum Gasteiger partial charge on any atom is 0.308 e. The summed E-state index contributed by atoms with van der Waals surface area (Å²) in [6.45, 7) is 5.46. The Morgan fingerprint density at radius 3 is 2.29 bits per heavy atom. The van der Waals surface area contributed by atoms with Gasteiger partial charge in [0.2, 0.25) is 0 Å². The van der Waals surface area contributed by atoms with Gasteiger partial charge in [-0.25, -0.2) is 0 Å². The summed E-state index contributed by atoms with van der Waals surface area (Å²) in [7, 11) is 0. The molecule has 4 nitrogen and oxygen atoms in total. The largest absolute Gasteiger partial charge is 0.459 e. The summed E-state index contributed by atoms with van der Waals surface area (Å²) in [6, 6.07) is 0. The molecule has 4 aliphatic carbocycles. The van der Waals surface area contributed by atoms with Gasteiger partial charge in [-0.1, -0.05) is 13.8 Å². The van der Waals surface area contributed by atoms with E-state index in [1.807, 2.05) is 13.8 Å². The van der Waals surface area contributed by atoms with Gasteiger partial charge in [-0.15, -0.1) is 0 Å². The van der Waals surface area contributed by atoms with Crippen molar-refractivity contribution in [3.63, 3.8) is 0 Å². The first-order chi connectivity index (χ1) is 10.0. The Kier molecular flexibility index (Phi) is 3.13. The molecule has 5 rings (SSSR count). The smallest absolute Gasteiger partial charge is 0.308 e. The molecule has 1 saturated heterocycles. The summed E-state index contributed by atoms with van der Waals surface area (Å²) >= 11 is 0. The molecule has 4 heteroatoms. The van der Waals surface area contributed by atoms with Crippen LogP contribution in [0.2, 0.25) is 0 Å².